The second-order valence-corrected chi connectivity index (χ2v) is 6.09. The van der Waals surface area contributed by atoms with Gasteiger partial charge in [0.05, 0.1) is 0 Å². The van der Waals surface area contributed by atoms with Gasteiger partial charge < -0.3 is 4.98 Å². The van der Waals surface area contributed by atoms with Gasteiger partial charge >= 0.3 is 0 Å². The minimum absolute atomic E-state index is 0.0112. The maximum atomic E-state index is 12.7. The van der Waals surface area contributed by atoms with E-state index in [0.29, 0.717) is 16.1 Å². The predicted octanol–water partition coefficient (Wildman–Crippen LogP) is 5.12. The van der Waals surface area contributed by atoms with E-state index in [1.54, 1.807) is 12.3 Å². The molecule has 0 spiro atoms. The maximum Gasteiger partial charge on any atom is 0.195 e. The normalized spacial score (nSPS) is 10.9. The zero-order valence-corrected chi connectivity index (χ0v) is 13.0. The van der Waals surface area contributed by atoms with E-state index in [0.717, 1.165) is 20.9 Å². The van der Waals surface area contributed by atoms with Crippen LogP contribution < -0.4 is 0 Å². The van der Waals surface area contributed by atoms with E-state index in [9.17, 15) is 4.79 Å². The highest BCUT2D eigenvalue weighted by molar-refractivity contribution is 9.10. The molecular formula is C16H11BrClNO. The Morgan fingerprint density at radius 2 is 2.00 bits per heavy atom. The summed E-state index contributed by atoms with van der Waals surface area (Å²) in [6.45, 7) is 1.97. The van der Waals surface area contributed by atoms with Crippen LogP contribution in [0.15, 0.2) is 47.1 Å². The van der Waals surface area contributed by atoms with Crippen molar-refractivity contribution < 1.29 is 4.79 Å². The molecule has 0 aliphatic rings. The highest BCUT2D eigenvalue weighted by Crippen LogP contribution is 2.25. The van der Waals surface area contributed by atoms with Crippen LogP contribution in [0.5, 0.6) is 0 Å². The average molecular weight is 349 g/mol. The lowest BCUT2D eigenvalue weighted by Gasteiger charge is -2.03. The fraction of sp³-hybridized carbons (Fsp3) is 0.0625. The van der Waals surface area contributed by atoms with Crippen molar-refractivity contribution in [1.82, 2.24) is 4.98 Å². The highest BCUT2D eigenvalue weighted by Gasteiger charge is 2.15. The molecule has 0 amide bonds. The number of ketones is 1. The molecule has 0 atom stereocenters. The number of fused-ring (bicyclic) bond motifs is 1. The number of aromatic nitrogens is 1. The number of hydrogen-bond acceptors (Lipinski definition) is 1. The van der Waals surface area contributed by atoms with Gasteiger partial charge in [0.2, 0.25) is 0 Å². The van der Waals surface area contributed by atoms with Crippen molar-refractivity contribution in [2.45, 2.75) is 6.92 Å². The maximum absolute atomic E-state index is 12.7. The number of H-pyrrole nitrogens is 1. The third-order valence-electron chi connectivity index (χ3n) is 3.19. The minimum atomic E-state index is -0.0112. The van der Waals surface area contributed by atoms with E-state index in [1.807, 2.05) is 37.3 Å². The molecule has 0 unspecified atom stereocenters. The number of benzene rings is 2. The van der Waals surface area contributed by atoms with Gasteiger partial charge in [-0.25, -0.2) is 0 Å². The molecule has 0 radical (unpaired) electrons. The van der Waals surface area contributed by atoms with Crippen LogP contribution in [-0.4, -0.2) is 10.8 Å². The Kier molecular flexibility index (Phi) is 3.40. The number of carbonyl (C=O) groups is 1. The Bertz CT molecular complexity index is 802. The Balaban J connectivity index is 2.15. The summed E-state index contributed by atoms with van der Waals surface area (Å²) in [4.78, 5) is 15.8. The van der Waals surface area contributed by atoms with Crippen LogP contribution in [0.3, 0.4) is 0 Å². The number of halogens is 2. The fourth-order valence-corrected chi connectivity index (χ4v) is 3.08. The van der Waals surface area contributed by atoms with E-state index in [4.69, 9.17) is 11.6 Å². The molecule has 0 fully saturated rings. The van der Waals surface area contributed by atoms with Crippen LogP contribution in [0.25, 0.3) is 10.9 Å². The smallest absolute Gasteiger partial charge is 0.195 e. The first-order chi connectivity index (χ1) is 9.54. The molecule has 0 aliphatic carbocycles. The first kappa shape index (κ1) is 13.4. The van der Waals surface area contributed by atoms with Gasteiger partial charge in [0.1, 0.15) is 0 Å². The van der Waals surface area contributed by atoms with Crippen molar-refractivity contribution in [3.63, 3.8) is 0 Å². The van der Waals surface area contributed by atoms with E-state index in [-0.39, 0.29) is 5.78 Å². The summed E-state index contributed by atoms with van der Waals surface area (Å²) in [5.74, 6) is -0.0112. The molecule has 3 rings (SSSR count). The molecule has 1 N–H and O–H groups in total. The van der Waals surface area contributed by atoms with Crippen molar-refractivity contribution in [2.75, 3.05) is 0 Å². The van der Waals surface area contributed by atoms with E-state index in [2.05, 4.69) is 20.9 Å². The van der Waals surface area contributed by atoms with Gasteiger partial charge in [-0.15, -0.1) is 0 Å². The number of rotatable bonds is 2. The Morgan fingerprint density at radius 3 is 2.75 bits per heavy atom. The molecular weight excluding hydrogens is 338 g/mol. The topological polar surface area (TPSA) is 32.9 Å². The predicted molar refractivity (Wildman–Crippen MR) is 85.6 cm³/mol. The summed E-state index contributed by atoms with van der Waals surface area (Å²) in [7, 11) is 0. The van der Waals surface area contributed by atoms with Crippen molar-refractivity contribution in [1.29, 1.82) is 0 Å². The van der Waals surface area contributed by atoms with Crippen molar-refractivity contribution in [3.8, 4) is 0 Å². The highest BCUT2D eigenvalue weighted by atomic mass is 79.9. The second kappa shape index (κ2) is 5.08. The SMILES string of the molecule is Cc1cc(Br)cc(C(=O)c2c[nH]c3ccc(Cl)cc23)c1. The molecule has 0 saturated carbocycles. The minimum Gasteiger partial charge on any atom is -0.360 e. The summed E-state index contributed by atoms with van der Waals surface area (Å²) in [6, 6.07) is 11.2. The van der Waals surface area contributed by atoms with E-state index < -0.39 is 0 Å². The number of hydrogen-bond donors (Lipinski definition) is 1. The molecule has 2 aromatic carbocycles. The van der Waals surface area contributed by atoms with Crippen LogP contribution >= 0.6 is 27.5 Å². The van der Waals surface area contributed by atoms with E-state index >= 15 is 0 Å². The van der Waals surface area contributed by atoms with Crippen molar-refractivity contribution >= 4 is 44.2 Å². The molecule has 0 bridgehead atoms. The fourth-order valence-electron chi connectivity index (χ4n) is 2.30. The number of aryl methyl sites for hydroxylation is 1. The van der Waals surface area contributed by atoms with Crippen molar-refractivity contribution in [2.24, 2.45) is 0 Å². The zero-order chi connectivity index (χ0) is 14.3. The van der Waals surface area contributed by atoms with Crippen LogP contribution in [0.4, 0.5) is 0 Å². The summed E-state index contributed by atoms with van der Waals surface area (Å²) < 4.78 is 0.902. The lowest BCUT2D eigenvalue weighted by atomic mass is 10.0. The summed E-state index contributed by atoms with van der Waals surface area (Å²) in [5, 5.41) is 1.47. The molecule has 0 saturated heterocycles. The molecule has 20 heavy (non-hydrogen) atoms. The average Bonchev–Trinajstić information content (AvgIpc) is 2.79. The van der Waals surface area contributed by atoms with Gasteiger partial charge in [0.15, 0.2) is 5.78 Å². The summed E-state index contributed by atoms with van der Waals surface area (Å²) >= 11 is 9.44. The number of carbonyl (C=O) groups excluding carboxylic acids is 1. The van der Waals surface area contributed by atoms with Gasteiger partial charge in [-0.2, -0.15) is 0 Å². The van der Waals surface area contributed by atoms with Crippen LogP contribution in [0, 0.1) is 6.92 Å². The van der Waals surface area contributed by atoms with Gasteiger partial charge in [0, 0.05) is 37.7 Å². The van der Waals surface area contributed by atoms with Crippen LogP contribution in [-0.2, 0) is 0 Å². The monoisotopic (exact) mass is 347 g/mol. The Hall–Kier alpha value is -1.58. The molecule has 1 aromatic heterocycles. The first-order valence-electron chi connectivity index (χ1n) is 6.13. The quantitative estimate of drug-likeness (QED) is 0.640. The largest absolute Gasteiger partial charge is 0.360 e. The van der Waals surface area contributed by atoms with E-state index in [1.165, 1.54) is 0 Å². The molecule has 1 heterocycles. The van der Waals surface area contributed by atoms with Crippen LogP contribution in [0.1, 0.15) is 21.5 Å². The molecule has 2 nitrogen and oxygen atoms in total. The summed E-state index contributed by atoms with van der Waals surface area (Å²) in [6.07, 6.45) is 1.74. The molecule has 100 valence electrons. The zero-order valence-electron chi connectivity index (χ0n) is 10.7. The van der Waals surface area contributed by atoms with Gasteiger partial charge in [-0.1, -0.05) is 27.5 Å². The molecule has 0 aliphatic heterocycles. The number of nitrogens with one attached hydrogen (secondary N) is 1. The third-order valence-corrected chi connectivity index (χ3v) is 3.89. The van der Waals surface area contributed by atoms with Gasteiger partial charge in [-0.05, 0) is 48.9 Å². The third kappa shape index (κ3) is 2.39. The first-order valence-corrected chi connectivity index (χ1v) is 7.30. The van der Waals surface area contributed by atoms with Crippen LogP contribution in [0.2, 0.25) is 5.02 Å². The lowest BCUT2D eigenvalue weighted by molar-refractivity contribution is 0.104. The van der Waals surface area contributed by atoms with Crippen molar-refractivity contribution in [3.05, 3.63) is 68.8 Å². The lowest BCUT2D eigenvalue weighted by Crippen LogP contribution is -2.00. The Morgan fingerprint density at radius 1 is 1.20 bits per heavy atom. The Labute approximate surface area is 129 Å². The second-order valence-electron chi connectivity index (χ2n) is 4.74. The molecule has 3 aromatic rings. The van der Waals surface area contributed by atoms with Gasteiger partial charge in [0.25, 0.3) is 0 Å². The molecule has 4 heteroatoms. The number of aromatic amines is 1. The summed E-state index contributed by atoms with van der Waals surface area (Å²) in [5.41, 5.74) is 3.25. The standard InChI is InChI=1S/C16H11BrClNO/c1-9-4-10(6-11(17)5-9)16(20)14-8-19-15-3-2-12(18)7-13(14)15/h2-8,19H,1H3. The van der Waals surface area contributed by atoms with Gasteiger partial charge in [-0.3, -0.25) is 4.79 Å².